The summed E-state index contributed by atoms with van der Waals surface area (Å²) < 4.78 is 7.93. The van der Waals surface area contributed by atoms with Gasteiger partial charge in [0, 0.05) is 37.1 Å². The van der Waals surface area contributed by atoms with Crippen LogP contribution in [0.3, 0.4) is 0 Å². The number of nitrogens with zero attached hydrogens (tertiary/aromatic N) is 3. The second kappa shape index (κ2) is 6.42. The Morgan fingerprint density at radius 1 is 1.36 bits per heavy atom. The number of carbonyl (C=O) groups excluding carboxylic acids is 1. The van der Waals surface area contributed by atoms with Crippen LogP contribution in [0.1, 0.15) is 36.5 Å². The van der Waals surface area contributed by atoms with E-state index in [1.165, 1.54) is 0 Å². The topological polar surface area (TPSA) is 58.9 Å². The smallest absolute Gasteiger partial charge is 0.271 e. The Kier molecular flexibility index (Phi) is 4.25. The van der Waals surface area contributed by atoms with Crippen LogP contribution in [0.5, 0.6) is 0 Å². The lowest BCUT2D eigenvalue weighted by molar-refractivity contribution is -0.0683. The molecule has 3 atom stereocenters. The van der Waals surface area contributed by atoms with Gasteiger partial charge in [-0.2, -0.15) is 0 Å². The number of aryl methyl sites for hydroxylation is 1. The molecule has 25 heavy (non-hydrogen) atoms. The van der Waals surface area contributed by atoms with Crippen LogP contribution in [0.25, 0.3) is 5.65 Å². The minimum Gasteiger partial charge on any atom is -0.375 e. The highest BCUT2D eigenvalue weighted by molar-refractivity contribution is 5.93. The first kappa shape index (κ1) is 16.5. The molecule has 0 unspecified atom stereocenters. The van der Waals surface area contributed by atoms with Crippen LogP contribution in [-0.4, -0.2) is 58.1 Å². The molecule has 2 aromatic rings. The van der Waals surface area contributed by atoms with E-state index in [1.54, 1.807) is 0 Å². The van der Waals surface area contributed by atoms with E-state index >= 15 is 0 Å². The molecular weight excluding hydrogens is 316 g/mol. The molecule has 4 rings (SSSR count). The quantitative estimate of drug-likeness (QED) is 0.925. The Bertz CT molecular complexity index is 785. The van der Waals surface area contributed by atoms with Crippen molar-refractivity contribution in [2.24, 2.45) is 5.92 Å². The fourth-order valence-corrected chi connectivity index (χ4v) is 3.92. The lowest BCUT2D eigenvalue weighted by Gasteiger charge is -2.36. The van der Waals surface area contributed by atoms with E-state index < -0.39 is 0 Å². The molecule has 1 N–H and O–H groups in total. The maximum absolute atomic E-state index is 12.6. The predicted octanol–water partition coefficient (Wildman–Crippen LogP) is 1.87. The van der Waals surface area contributed by atoms with Crippen molar-refractivity contribution in [1.82, 2.24) is 19.6 Å². The number of hydrogen-bond acceptors (Lipinski definition) is 4. The van der Waals surface area contributed by atoms with Crippen LogP contribution in [0, 0.1) is 12.8 Å². The third-order valence-electron chi connectivity index (χ3n) is 5.45. The molecule has 0 aliphatic carbocycles. The number of nitrogens with one attached hydrogen (secondary N) is 1. The zero-order chi connectivity index (χ0) is 17.6. The third-order valence-corrected chi connectivity index (χ3v) is 5.45. The van der Waals surface area contributed by atoms with Crippen molar-refractivity contribution in [2.45, 2.75) is 45.4 Å². The fourth-order valence-electron chi connectivity index (χ4n) is 3.92. The van der Waals surface area contributed by atoms with Gasteiger partial charge in [0.25, 0.3) is 5.91 Å². The normalized spacial score (nSPS) is 27.0. The van der Waals surface area contributed by atoms with Gasteiger partial charge in [-0.3, -0.25) is 9.69 Å². The van der Waals surface area contributed by atoms with E-state index in [0.717, 1.165) is 37.5 Å². The Morgan fingerprint density at radius 3 is 2.96 bits per heavy atom. The van der Waals surface area contributed by atoms with Gasteiger partial charge in [0.2, 0.25) is 0 Å². The second-order valence-electron chi connectivity index (χ2n) is 7.65. The highest BCUT2D eigenvalue weighted by Crippen LogP contribution is 2.26. The molecule has 2 saturated heterocycles. The molecule has 2 aliphatic heterocycles. The van der Waals surface area contributed by atoms with Gasteiger partial charge in [-0.1, -0.05) is 19.9 Å². The van der Waals surface area contributed by atoms with Crippen LogP contribution in [0.4, 0.5) is 0 Å². The Hall–Kier alpha value is -1.92. The number of aromatic nitrogens is 2. The van der Waals surface area contributed by atoms with Crippen molar-refractivity contribution >= 4 is 11.6 Å². The average Bonchev–Trinajstić information content (AvgIpc) is 3.18. The molecule has 2 aliphatic rings. The number of amides is 1. The Morgan fingerprint density at radius 2 is 2.20 bits per heavy atom. The maximum atomic E-state index is 12.6. The summed E-state index contributed by atoms with van der Waals surface area (Å²) in [5, 5.41) is 3.16. The van der Waals surface area contributed by atoms with Gasteiger partial charge >= 0.3 is 0 Å². The molecular formula is C19H26N4O2. The van der Waals surface area contributed by atoms with Gasteiger partial charge < -0.3 is 14.5 Å². The maximum Gasteiger partial charge on any atom is 0.271 e. The van der Waals surface area contributed by atoms with E-state index in [0.29, 0.717) is 23.8 Å². The first-order valence-corrected chi connectivity index (χ1v) is 9.12. The van der Waals surface area contributed by atoms with Gasteiger partial charge in [-0.05, 0) is 31.4 Å². The van der Waals surface area contributed by atoms with Gasteiger partial charge in [-0.25, -0.2) is 4.98 Å². The van der Waals surface area contributed by atoms with Crippen LogP contribution >= 0.6 is 0 Å². The Labute approximate surface area is 148 Å². The zero-order valence-corrected chi connectivity index (χ0v) is 15.1. The van der Waals surface area contributed by atoms with Gasteiger partial charge in [0.1, 0.15) is 11.3 Å². The summed E-state index contributed by atoms with van der Waals surface area (Å²) >= 11 is 0. The van der Waals surface area contributed by atoms with Gasteiger partial charge in [0.05, 0.1) is 12.7 Å². The third kappa shape index (κ3) is 3.16. The summed E-state index contributed by atoms with van der Waals surface area (Å²) in [5.74, 6) is 0.435. The summed E-state index contributed by atoms with van der Waals surface area (Å²) in [7, 11) is 0. The van der Waals surface area contributed by atoms with E-state index in [4.69, 9.17) is 4.74 Å². The number of hydrogen-bond donors (Lipinski definition) is 1. The van der Waals surface area contributed by atoms with E-state index in [-0.39, 0.29) is 11.9 Å². The van der Waals surface area contributed by atoms with Crippen molar-refractivity contribution in [2.75, 3.05) is 19.7 Å². The van der Waals surface area contributed by atoms with Crippen molar-refractivity contribution < 1.29 is 9.53 Å². The molecule has 0 radical (unpaired) electrons. The van der Waals surface area contributed by atoms with Crippen LogP contribution < -0.4 is 5.32 Å². The molecule has 2 aromatic heterocycles. The molecule has 1 amide bonds. The van der Waals surface area contributed by atoms with Crippen LogP contribution in [0.2, 0.25) is 0 Å². The molecule has 6 heteroatoms. The minimum absolute atomic E-state index is 0.0886. The van der Waals surface area contributed by atoms with E-state index in [2.05, 4.69) is 29.0 Å². The summed E-state index contributed by atoms with van der Waals surface area (Å²) in [4.78, 5) is 19.5. The highest BCUT2D eigenvalue weighted by atomic mass is 16.5. The molecule has 0 saturated carbocycles. The first-order valence-electron chi connectivity index (χ1n) is 9.12. The molecule has 6 nitrogen and oxygen atoms in total. The minimum atomic E-state index is -0.0886. The predicted molar refractivity (Wildman–Crippen MR) is 95.7 cm³/mol. The van der Waals surface area contributed by atoms with E-state index in [1.807, 2.05) is 35.7 Å². The van der Waals surface area contributed by atoms with Crippen LogP contribution in [-0.2, 0) is 4.74 Å². The summed E-state index contributed by atoms with van der Waals surface area (Å²) in [6.07, 6.45) is 3.07. The standard InChI is InChI=1S/C19H26N4O2/c1-12(2)17-10-22-8-14(7-15(22)11-25-17)20-19(24)16-9-23-13(3)5-4-6-18(23)21-16/h4-6,9,12,14-15,17H,7-8,10-11H2,1-3H3,(H,20,24)/t14-,15-,17+/m0/s1. The summed E-state index contributed by atoms with van der Waals surface area (Å²) in [6, 6.07) is 6.47. The molecule has 2 fully saturated rings. The number of pyridine rings is 1. The average molecular weight is 342 g/mol. The number of rotatable bonds is 3. The molecule has 134 valence electrons. The van der Waals surface area contributed by atoms with Gasteiger partial charge in [0.15, 0.2) is 0 Å². The molecule has 0 aromatic carbocycles. The van der Waals surface area contributed by atoms with Crippen molar-refractivity contribution in [3.05, 3.63) is 35.8 Å². The monoisotopic (exact) mass is 342 g/mol. The number of fused-ring (bicyclic) bond motifs is 2. The number of carbonyl (C=O) groups is 1. The summed E-state index contributed by atoms with van der Waals surface area (Å²) in [6.45, 7) is 9.04. The number of imidazole rings is 1. The highest BCUT2D eigenvalue weighted by Gasteiger charge is 2.38. The SMILES string of the molecule is Cc1cccc2nc(C(=O)N[C@H]3C[C@H]4CO[C@@H](C(C)C)CN4C3)cn12. The first-order chi connectivity index (χ1) is 12.0. The lowest BCUT2D eigenvalue weighted by atomic mass is 10.0. The lowest BCUT2D eigenvalue weighted by Crippen LogP contribution is -2.48. The van der Waals surface area contributed by atoms with Gasteiger partial charge in [-0.15, -0.1) is 0 Å². The van der Waals surface area contributed by atoms with Crippen molar-refractivity contribution in [3.8, 4) is 0 Å². The van der Waals surface area contributed by atoms with Crippen molar-refractivity contribution in [3.63, 3.8) is 0 Å². The number of morpholine rings is 1. The largest absolute Gasteiger partial charge is 0.375 e. The molecule has 0 spiro atoms. The molecule has 0 bridgehead atoms. The Balaban J connectivity index is 1.42. The second-order valence-corrected chi connectivity index (χ2v) is 7.65. The van der Waals surface area contributed by atoms with E-state index in [9.17, 15) is 4.79 Å². The fraction of sp³-hybridized carbons (Fsp3) is 0.579. The summed E-state index contributed by atoms with van der Waals surface area (Å²) in [5.41, 5.74) is 2.36. The zero-order valence-electron chi connectivity index (χ0n) is 15.1. The van der Waals surface area contributed by atoms with Crippen LogP contribution in [0.15, 0.2) is 24.4 Å². The van der Waals surface area contributed by atoms with Crippen molar-refractivity contribution in [1.29, 1.82) is 0 Å². The number of ether oxygens (including phenoxy) is 1. The molecule has 4 heterocycles.